The van der Waals surface area contributed by atoms with E-state index < -0.39 is 0 Å². The lowest BCUT2D eigenvalue weighted by molar-refractivity contribution is 0.0936. The molecule has 0 aliphatic heterocycles. The normalized spacial score (nSPS) is 12.3. The van der Waals surface area contributed by atoms with Crippen molar-refractivity contribution in [1.82, 2.24) is 15.5 Å². The Bertz CT molecular complexity index is 491. The average Bonchev–Trinajstić information content (AvgIpc) is 2.88. The van der Waals surface area contributed by atoms with Gasteiger partial charge in [0.05, 0.1) is 11.9 Å². The third-order valence-electron chi connectivity index (χ3n) is 2.40. The minimum Gasteiger partial charge on any atom is -0.396 e. The Labute approximate surface area is 103 Å². The molecule has 6 heteroatoms. The number of nitrogen functional groups attached to an aromatic ring is 1. The van der Waals surface area contributed by atoms with Crippen LogP contribution in [-0.2, 0) is 6.42 Å². The molecular weight excluding hydrogens is 236 g/mol. The van der Waals surface area contributed by atoms with E-state index in [9.17, 15) is 4.79 Å². The Morgan fingerprint density at radius 2 is 2.53 bits per heavy atom. The summed E-state index contributed by atoms with van der Waals surface area (Å²) in [5, 5.41) is 13.3. The van der Waals surface area contributed by atoms with Gasteiger partial charge in [-0.25, -0.2) is 0 Å². The maximum absolute atomic E-state index is 11.8. The van der Waals surface area contributed by atoms with Crippen LogP contribution in [0.3, 0.4) is 0 Å². The van der Waals surface area contributed by atoms with Crippen LogP contribution in [0.25, 0.3) is 0 Å². The number of aromatic amines is 1. The molecule has 0 aliphatic carbocycles. The number of amides is 1. The predicted octanol–water partition coefficient (Wildman–Crippen LogP) is 1.41. The van der Waals surface area contributed by atoms with Crippen LogP contribution >= 0.6 is 11.3 Å². The Morgan fingerprint density at radius 3 is 3.12 bits per heavy atom. The molecule has 0 bridgehead atoms. The number of anilines is 1. The zero-order valence-corrected chi connectivity index (χ0v) is 10.3. The summed E-state index contributed by atoms with van der Waals surface area (Å²) in [6, 6.07) is 2.11. The predicted molar refractivity (Wildman–Crippen MR) is 68.0 cm³/mol. The molecule has 0 aliphatic rings. The molecule has 17 heavy (non-hydrogen) atoms. The van der Waals surface area contributed by atoms with Crippen molar-refractivity contribution in [3.8, 4) is 0 Å². The first-order valence-electron chi connectivity index (χ1n) is 5.27. The Morgan fingerprint density at radius 1 is 1.71 bits per heavy atom. The second-order valence-corrected chi connectivity index (χ2v) is 4.69. The molecule has 1 atom stereocenters. The summed E-state index contributed by atoms with van der Waals surface area (Å²) in [6.07, 6.45) is 2.24. The van der Waals surface area contributed by atoms with Crippen molar-refractivity contribution in [3.05, 3.63) is 34.3 Å². The first kappa shape index (κ1) is 11.7. The molecule has 0 saturated heterocycles. The van der Waals surface area contributed by atoms with Gasteiger partial charge < -0.3 is 11.1 Å². The summed E-state index contributed by atoms with van der Waals surface area (Å²) in [5.74, 6) is -0.220. The molecule has 0 fully saturated rings. The van der Waals surface area contributed by atoms with Crippen molar-refractivity contribution in [2.45, 2.75) is 19.4 Å². The van der Waals surface area contributed by atoms with Crippen LogP contribution in [0.15, 0.2) is 23.0 Å². The van der Waals surface area contributed by atoms with Crippen LogP contribution < -0.4 is 11.1 Å². The van der Waals surface area contributed by atoms with Gasteiger partial charge in [0, 0.05) is 6.04 Å². The number of hydrogen-bond acceptors (Lipinski definition) is 4. The Kier molecular flexibility index (Phi) is 3.43. The standard InChI is InChI=1S/C11H14N4OS/c1-7(4-8-2-3-17-6-8)14-11(16)10-9(12)5-13-15-10/h2-3,5-7H,4,12H2,1H3,(H,13,15)(H,14,16). The maximum Gasteiger partial charge on any atom is 0.271 e. The van der Waals surface area contributed by atoms with Crippen molar-refractivity contribution >= 4 is 22.9 Å². The van der Waals surface area contributed by atoms with Crippen LogP contribution in [0.1, 0.15) is 23.0 Å². The molecule has 1 amide bonds. The van der Waals surface area contributed by atoms with Crippen LogP contribution in [0, 0.1) is 0 Å². The molecule has 2 rings (SSSR count). The number of carbonyl (C=O) groups excluding carboxylic acids is 1. The smallest absolute Gasteiger partial charge is 0.271 e. The van der Waals surface area contributed by atoms with E-state index in [0.717, 1.165) is 6.42 Å². The molecule has 1 unspecified atom stereocenters. The number of thiophene rings is 1. The summed E-state index contributed by atoms with van der Waals surface area (Å²) in [7, 11) is 0. The molecule has 90 valence electrons. The highest BCUT2D eigenvalue weighted by atomic mass is 32.1. The van der Waals surface area contributed by atoms with Gasteiger partial charge in [-0.1, -0.05) is 0 Å². The summed E-state index contributed by atoms with van der Waals surface area (Å²) >= 11 is 1.65. The van der Waals surface area contributed by atoms with Crippen LogP contribution in [0.5, 0.6) is 0 Å². The molecule has 2 heterocycles. The average molecular weight is 250 g/mol. The summed E-state index contributed by atoms with van der Waals surface area (Å²) in [5.41, 5.74) is 7.51. The van der Waals surface area contributed by atoms with E-state index in [1.807, 2.05) is 12.3 Å². The summed E-state index contributed by atoms with van der Waals surface area (Å²) in [4.78, 5) is 11.8. The first-order valence-corrected chi connectivity index (χ1v) is 6.22. The third-order valence-corrected chi connectivity index (χ3v) is 3.13. The Balaban J connectivity index is 1.93. The SMILES string of the molecule is CC(Cc1ccsc1)NC(=O)c1[nH]ncc1N. The molecule has 2 aromatic heterocycles. The number of nitrogens with one attached hydrogen (secondary N) is 2. The van der Waals surface area contributed by atoms with Crippen LogP contribution in [0.4, 0.5) is 5.69 Å². The van der Waals surface area contributed by atoms with Gasteiger partial charge in [-0.3, -0.25) is 9.89 Å². The molecule has 5 nitrogen and oxygen atoms in total. The van der Waals surface area contributed by atoms with Crippen molar-refractivity contribution in [1.29, 1.82) is 0 Å². The van der Waals surface area contributed by atoms with Gasteiger partial charge in [0.1, 0.15) is 5.69 Å². The lowest BCUT2D eigenvalue weighted by Gasteiger charge is -2.12. The van der Waals surface area contributed by atoms with Crippen molar-refractivity contribution in [3.63, 3.8) is 0 Å². The molecule has 0 saturated carbocycles. The number of aromatic nitrogens is 2. The van der Waals surface area contributed by atoms with Crippen LogP contribution in [0.2, 0.25) is 0 Å². The van der Waals surface area contributed by atoms with Gasteiger partial charge in [-0.15, -0.1) is 0 Å². The highest BCUT2D eigenvalue weighted by molar-refractivity contribution is 7.07. The van der Waals surface area contributed by atoms with Gasteiger partial charge in [0.15, 0.2) is 0 Å². The first-order chi connectivity index (χ1) is 8.16. The van der Waals surface area contributed by atoms with Gasteiger partial charge >= 0.3 is 0 Å². The summed E-state index contributed by atoms with van der Waals surface area (Å²) in [6.45, 7) is 1.96. The number of carbonyl (C=O) groups is 1. The van der Waals surface area contributed by atoms with Crippen molar-refractivity contribution in [2.24, 2.45) is 0 Å². The van der Waals surface area contributed by atoms with Crippen LogP contribution in [-0.4, -0.2) is 22.1 Å². The molecular formula is C11H14N4OS. The molecule has 0 spiro atoms. The monoisotopic (exact) mass is 250 g/mol. The van der Waals surface area contributed by atoms with E-state index in [0.29, 0.717) is 11.4 Å². The third kappa shape index (κ3) is 2.85. The van der Waals surface area contributed by atoms with Gasteiger partial charge in [0.25, 0.3) is 5.91 Å². The largest absolute Gasteiger partial charge is 0.396 e. The fraction of sp³-hybridized carbons (Fsp3) is 0.273. The fourth-order valence-corrected chi connectivity index (χ4v) is 2.27. The molecule has 2 aromatic rings. The number of H-pyrrole nitrogens is 1. The second-order valence-electron chi connectivity index (χ2n) is 3.91. The minimum absolute atomic E-state index is 0.0554. The fourth-order valence-electron chi connectivity index (χ4n) is 1.59. The topological polar surface area (TPSA) is 83.8 Å². The van der Waals surface area contributed by atoms with Crippen molar-refractivity contribution < 1.29 is 4.79 Å². The number of nitrogens with zero attached hydrogens (tertiary/aromatic N) is 1. The van der Waals surface area contributed by atoms with Gasteiger partial charge in [-0.05, 0) is 35.7 Å². The van der Waals surface area contributed by atoms with Crippen molar-refractivity contribution in [2.75, 3.05) is 5.73 Å². The summed E-state index contributed by atoms with van der Waals surface area (Å²) < 4.78 is 0. The van der Waals surface area contributed by atoms with E-state index >= 15 is 0 Å². The molecule has 4 N–H and O–H groups in total. The van der Waals surface area contributed by atoms with E-state index in [2.05, 4.69) is 27.0 Å². The zero-order valence-electron chi connectivity index (χ0n) is 9.43. The zero-order chi connectivity index (χ0) is 12.3. The molecule has 0 radical (unpaired) electrons. The van der Waals surface area contributed by atoms with Gasteiger partial charge in [-0.2, -0.15) is 16.4 Å². The maximum atomic E-state index is 11.8. The quantitative estimate of drug-likeness (QED) is 0.767. The van der Waals surface area contributed by atoms with Gasteiger partial charge in [0.2, 0.25) is 0 Å². The molecule has 0 aromatic carbocycles. The lowest BCUT2D eigenvalue weighted by Crippen LogP contribution is -2.34. The highest BCUT2D eigenvalue weighted by Crippen LogP contribution is 2.10. The number of hydrogen-bond donors (Lipinski definition) is 3. The van der Waals surface area contributed by atoms with E-state index in [1.54, 1.807) is 11.3 Å². The van der Waals surface area contributed by atoms with E-state index in [-0.39, 0.29) is 11.9 Å². The number of rotatable bonds is 4. The second kappa shape index (κ2) is 5.01. The van der Waals surface area contributed by atoms with E-state index in [4.69, 9.17) is 5.73 Å². The highest BCUT2D eigenvalue weighted by Gasteiger charge is 2.14. The minimum atomic E-state index is -0.220. The number of nitrogens with two attached hydrogens (primary N) is 1. The van der Waals surface area contributed by atoms with E-state index in [1.165, 1.54) is 11.8 Å². The lowest BCUT2D eigenvalue weighted by atomic mass is 10.1. The Hall–Kier alpha value is -1.82.